The number of aryl methyl sites for hydroxylation is 1. The second kappa shape index (κ2) is 12.2. The van der Waals surface area contributed by atoms with Gasteiger partial charge in [0.2, 0.25) is 0 Å². The molecule has 4 rings (SSSR count). The molecule has 3 aromatic carbocycles. The molecule has 0 amide bonds. The largest absolute Gasteiger partial charge is 0.493 e. The first-order valence-corrected chi connectivity index (χ1v) is 11.8. The van der Waals surface area contributed by atoms with Crippen LogP contribution in [0.1, 0.15) is 17.0 Å². The highest BCUT2D eigenvalue weighted by Crippen LogP contribution is 2.29. The van der Waals surface area contributed by atoms with Gasteiger partial charge in [0.05, 0.1) is 28.4 Å². The lowest BCUT2D eigenvalue weighted by atomic mass is 10.2. The first-order chi connectivity index (χ1) is 17.9. The first-order valence-electron chi connectivity index (χ1n) is 11.5. The number of benzene rings is 3. The molecule has 1 aromatic heterocycles. The Morgan fingerprint density at radius 2 is 1.86 bits per heavy atom. The van der Waals surface area contributed by atoms with Crippen molar-refractivity contribution in [1.82, 2.24) is 25.5 Å². The molecule has 192 valence electrons. The number of nitro groups is 1. The van der Waals surface area contributed by atoms with E-state index in [1.807, 2.05) is 49.4 Å². The van der Waals surface area contributed by atoms with Crippen molar-refractivity contribution >= 4 is 23.0 Å². The van der Waals surface area contributed by atoms with Gasteiger partial charge in [0, 0.05) is 31.8 Å². The van der Waals surface area contributed by atoms with Crippen molar-refractivity contribution in [2.24, 2.45) is 0 Å². The summed E-state index contributed by atoms with van der Waals surface area (Å²) in [6, 6.07) is 18.0. The summed E-state index contributed by atoms with van der Waals surface area (Å²) in [5, 5.41) is 29.6. The molecule has 0 aliphatic heterocycles. The number of methoxy groups -OCH3 is 1. The summed E-state index contributed by atoms with van der Waals surface area (Å²) in [5.41, 5.74) is 3.62. The number of hydrogen-bond donors (Lipinski definition) is 2. The minimum Gasteiger partial charge on any atom is -0.493 e. The van der Waals surface area contributed by atoms with Crippen LogP contribution in [0.2, 0.25) is 5.02 Å². The number of non-ortho nitro benzene ring substituents is 1. The van der Waals surface area contributed by atoms with Gasteiger partial charge in [0.1, 0.15) is 0 Å². The molecule has 0 atom stereocenters. The van der Waals surface area contributed by atoms with E-state index in [0.29, 0.717) is 47.7 Å². The summed E-state index contributed by atoms with van der Waals surface area (Å²) >= 11 is 6.11. The maximum Gasteiger partial charge on any atom is 0.271 e. The SMILES string of the molecule is COc1cc(CNCCNc2ccc([N+](=O)[O-])cc2Cl)ccc1OCc1nnnn1-c1ccc(C)cc1. The van der Waals surface area contributed by atoms with Gasteiger partial charge in [-0.2, -0.15) is 4.68 Å². The summed E-state index contributed by atoms with van der Waals surface area (Å²) in [5.74, 6) is 1.75. The lowest BCUT2D eigenvalue weighted by Gasteiger charge is -2.13. The van der Waals surface area contributed by atoms with Gasteiger partial charge >= 0.3 is 0 Å². The van der Waals surface area contributed by atoms with Gasteiger partial charge in [0.25, 0.3) is 5.69 Å². The van der Waals surface area contributed by atoms with Gasteiger partial charge in [0.15, 0.2) is 23.9 Å². The Morgan fingerprint density at radius 1 is 1.05 bits per heavy atom. The quantitative estimate of drug-likeness (QED) is 0.158. The van der Waals surface area contributed by atoms with Crippen LogP contribution in [0.15, 0.2) is 60.7 Å². The van der Waals surface area contributed by atoms with Gasteiger partial charge < -0.3 is 20.1 Å². The fourth-order valence-corrected chi connectivity index (χ4v) is 3.79. The number of halogens is 1. The van der Waals surface area contributed by atoms with Crippen LogP contribution in [0.4, 0.5) is 11.4 Å². The Kier molecular flexibility index (Phi) is 8.49. The standard InChI is InChI=1S/C25H26ClN7O4/c1-17-3-6-19(7-4-17)32-25(29-30-31-32)16-37-23-10-5-18(13-24(23)36-2)15-27-11-12-28-22-9-8-20(33(34)35)14-21(22)26/h3-10,13-14,27-28H,11-12,15-16H2,1-2H3. The maximum absolute atomic E-state index is 10.8. The van der Waals surface area contributed by atoms with Crippen LogP contribution in [-0.2, 0) is 13.2 Å². The van der Waals surface area contributed by atoms with E-state index in [9.17, 15) is 10.1 Å². The molecule has 0 spiro atoms. The summed E-state index contributed by atoms with van der Waals surface area (Å²) in [4.78, 5) is 10.3. The lowest BCUT2D eigenvalue weighted by Crippen LogP contribution is -2.21. The van der Waals surface area contributed by atoms with Gasteiger partial charge in [-0.25, -0.2) is 0 Å². The Balaban J connectivity index is 1.28. The molecule has 11 nitrogen and oxygen atoms in total. The third-order valence-corrected chi connectivity index (χ3v) is 5.82. The molecular weight excluding hydrogens is 498 g/mol. The van der Waals surface area contributed by atoms with E-state index < -0.39 is 4.92 Å². The molecule has 0 fully saturated rings. The van der Waals surface area contributed by atoms with Crippen LogP contribution in [0.25, 0.3) is 5.69 Å². The summed E-state index contributed by atoms with van der Waals surface area (Å²) in [6.45, 7) is 4.04. The maximum atomic E-state index is 10.8. The number of hydrogen-bond acceptors (Lipinski definition) is 9. The summed E-state index contributed by atoms with van der Waals surface area (Å²) in [6.07, 6.45) is 0. The van der Waals surface area contributed by atoms with Crippen LogP contribution in [0.5, 0.6) is 11.5 Å². The molecule has 2 N–H and O–H groups in total. The van der Waals surface area contributed by atoms with Crippen molar-refractivity contribution in [3.05, 3.63) is 92.8 Å². The highest BCUT2D eigenvalue weighted by Gasteiger charge is 2.12. The van der Waals surface area contributed by atoms with E-state index in [2.05, 4.69) is 26.2 Å². The Bertz CT molecular complexity index is 1360. The van der Waals surface area contributed by atoms with E-state index in [1.54, 1.807) is 17.9 Å². The normalized spacial score (nSPS) is 10.8. The zero-order valence-electron chi connectivity index (χ0n) is 20.3. The Hall–Kier alpha value is -4.22. The van der Waals surface area contributed by atoms with Crippen molar-refractivity contribution in [2.75, 3.05) is 25.5 Å². The minimum atomic E-state index is -0.476. The summed E-state index contributed by atoms with van der Waals surface area (Å²) in [7, 11) is 1.59. The highest BCUT2D eigenvalue weighted by molar-refractivity contribution is 6.33. The van der Waals surface area contributed by atoms with E-state index in [1.165, 1.54) is 12.1 Å². The summed E-state index contributed by atoms with van der Waals surface area (Å²) < 4.78 is 13.1. The zero-order valence-corrected chi connectivity index (χ0v) is 21.1. The molecule has 0 aliphatic carbocycles. The fourth-order valence-electron chi connectivity index (χ4n) is 3.54. The predicted molar refractivity (Wildman–Crippen MR) is 140 cm³/mol. The Morgan fingerprint density at radius 3 is 2.59 bits per heavy atom. The smallest absolute Gasteiger partial charge is 0.271 e. The molecule has 4 aromatic rings. The second-order valence-corrected chi connectivity index (χ2v) is 8.55. The molecular formula is C25H26ClN7O4. The third-order valence-electron chi connectivity index (χ3n) is 5.51. The molecule has 0 saturated heterocycles. The van der Waals surface area contributed by atoms with Gasteiger partial charge in [-0.15, -0.1) is 5.10 Å². The van der Waals surface area contributed by atoms with E-state index in [0.717, 1.165) is 16.8 Å². The molecule has 1 heterocycles. The number of aromatic nitrogens is 4. The van der Waals surface area contributed by atoms with Crippen LogP contribution < -0.4 is 20.1 Å². The fraction of sp³-hybridized carbons (Fsp3) is 0.240. The van der Waals surface area contributed by atoms with Crippen molar-refractivity contribution in [3.8, 4) is 17.2 Å². The van der Waals surface area contributed by atoms with Gasteiger partial charge in [-0.1, -0.05) is 35.4 Å². The van der Waals surface area contributed by atoms with Crippen LogP contribution >= 0.6 is 11.6 Å². The minimum absolute atomic E-state index is 0.0418. The van der Waals surface area contributed by atoms with E-state index >= 15 is 0 Å². The van der Waals surface area contributed by atoms with Crippen LogP contribution in [0, 0.1) is 17.0 Å². The van der Waals surface area contributed by atoms with Gasteiger partial charge in [-0.05, 0) is 53.2 Å². The number of anilines is 1. The number of rotatable bonds is 12. The molecule has 0 saturated carbocycles. The van der Waals surface area contributed by atoms with Crippen molar-refractivity contribution in [2.45, 2.75) is 20.1 Å². The van der Waals surface area contributed by atoms with Crippen molar-refractivity contribution in [3.63, 3.8) is 0 Å². The second-order valence-electron chi connectivity index (χ2n) is 8.14. The number of ether oxygens (including phenoxy) is 2. The number of nitrogens with zero attached hydrogens (tertiary/aromatic N) is 5. The number of nitrogens with one attached hydrogen (secondary N) is 2. The monoisotopic (exact) mass is 523 g/mol. The molecule has 0 aliphatic rings. The van der Waals surface area contributed by atoms with Crippen LogP contribution in [-0.4, -0.2) is 45.3 Å². The lowest BCUT2D eigenvalue weighted by molar-refractivity contribution is -0.384. The predicted octanol–water partition coefficient (Wildman–Crippen LogP) is 4.32. The third kappa shape index (κ3) is 6.72. The van der Waals surface area contributed by atoms with E-state index in [-0.39, 0.29) is 12.3 Å². The highest BCUT2D eigenvalue weighted by atomic mass is 35.5. The topological polar surface area (TPSA) is 129 Å². The van der Waals surface area contributed by atoms with Crippen molar-refractivity contribution in [1.29, 1.82) is 0 Å². The average molecular weight is 524 g/mol. The van der Waals surface area contributed by atoms with Crippen LogP contribution in [0.3, 0.4) is 0 Å². The molecule has 0 unspecified atom stereocenters. The van der Waals surface area contributed by atoms with Crippen molar-refractivity contribution < 1.29 is 14.4 Å². The average Bonchev–Trinajstić information content (AvgIpc) is 3.37. The zero-order chi connectivity index (χ0) is 26.2. The molecule has 37 heavy (non-hydrogen) atoms. The molecule has 0 radical (unpaired) electrons. The Labute approximate surface area is 218 Å². The molecule has 0 bridgehead atoms. The van der Waals surface area contributed by atoms with Gasteiger partial charge in [-0.3, -0.25) is 10.1 Å². The van der Waals surface area contributed by atoms with E-state index in [4.69, 9.17) is 21.1 Å². The number of tetrazole rings is 1. The molecule has 12 heteroatoms. The number of nitro benzene ring substituents is 1. The first kappa shape index (κ1) is 25.9.